The average molecular weight is 391 g/mol. The van der Waals surface area contributed by atoms with Crippen molar-refractivity contribution in [1.82, 2.24) is 0 Å². The molecule has 0 saturated carbocycles. The molecule has 0 radical (unpaired) electrons. The summed E-state index contributed by atoms with van der Waals surface area (Å²) in [6, 6.07) is 14.2. The number of nitro groups is 1. The van der Waals surface area contributed by atoms with Crippen molar-refractivity contribution in [3.8, 4) is 0 Å². The Balaban J connectivity index is 1.55. The van der Waals surface area contributed by atoms with Gasteiger partial charge in [-0.15, -0.1) is 0 Å². The maximum Gasteiger partial charge on any atom is 0.293 e. The van der Waals surface area contributed by atoms with Gasteiger partial charge in [-0.25, -0.2) is 0 Å². The molecule has 146 valence electrons. The third-order valence-electron chi connectivity index (χ3n) is 4.75. The molecule has 0 bridgehead atoms. The molecule has 3 aromatic rings. The zero-order chi connectivity index (χ0) is 20.4. The molecule has 1 aliphatic heterocycles. The van der Waals surface area contributed by atoms with Gasteiger partial charge in [-0.2, -0.15) is 0 Å². The molecule has 0 unspecified atom stereocenters. The van der Waals surface area contributed by atoms with Crippen molar-refractivity contribution in [2.75, 3.05) is 16.8 Å². The quantitative estimate of drug-likeness (QED) is 0.534. The summed E-state index contributed by atoms with van der Waals surface area (Å²) >= 11 is 0. The van der Waals surface area contributed by atoms with Crippen molar-refractivity contribution in [2.24, 2.45) is 0 Å². The van der Waals surface area contributed by atoms with E-state index in [2.05, 4.69) is 5.32 Å². The number of non-ortho nitro benzene ring substituents is 1. The topological polar surface area (TPSA) is 106 Å². The second-order valence-electron chi connectivity index (χ2n) is 6.64. The molecule has 0 saturated heterocycles. The van der Waals surface area contributed by atoms with E-state index in [0.29, 0.717) is 12.2 Å². The number of rotatable bonds is 4. The van der Waals surface area contributed by atoms with Crippen molar-refractivity contribution in [3.63, 3.8) is 0 Å². The Morgan fingerprint density at radius 3 is 2.72 bits per heavy atom. The van der Waals surface area contributed by atoms with Gasteiger partial charge >= 0.3 is 0 Å². The van der Waals surface area contributed by atoms with E-state index in [-0.39, 0.29) is 22.9 Å². The highest BCUT2D eigenvalue weighted by molar-refractivity contribution is 6.06. The summed E-state index contributed by atoms with van der Waals surface area (Å²) in [6.07, 6.45) is 3.03. The second-order valence-corrected chi connectivity index (χ2v) is 6.64. The predicted octanol–water partition coefficient (Wildman–Crippen LogP) is 4.03. The van der Waals surface area contributed by atoms with Gasteiger partial charge in [-0.1, -0.05) is 6.07 Å². The minimum atomic E-state index is -0.541. The number of hydrogen-bond donors (Lipinski definition) is 1. The highest BCUT2D eigenvalue weighted by Crippen LogP contribution is 2.31. The first-order chi connectivity index (χ1) is 14.0. The number of furan rings is 1. The van der Waals surface area contributed by atoms with E-state index in [1.54, 1.807) is 29.2 Å². The normalized spacial score (nSPS) is 12.9. The molecule has 8 heteroatoms. The van der Waals surface area contributed by atoms with Gasteiger partial charge < -0.3 is 14.6 Å². The van der Waals surface area contributed by atoms with Gasteiger partial charge in [0.1, 0.15) is 0 Å². The maximum atomic E-state index is 12.7. The SMILES string of the molecule is O=C(Nc1ccc2c(c1)CCCN2C(=O)c1ccco1)c1cccc([N+](=O)[O-])c1. The summed E-state index contributed by atoms with van der Waals surface area (Å²) in [7, 11) is 0. The summed E-state index contributed by atoms with van der Waals surface area (Å²) < 4.78 is 5.22. The monoisotopic (exact) mass is 391 g/mol. The molecule has 8 nitrogen and oxygen atoms in total. The van der Waals surface area contributed by atoms with Gasteiger partial charge in [-0.05, 0) is 54.8 Å². The van der Waals surface area contributed by atoms with Crippen molar-refractivity contribution >= 4 is 28.9 Å². The molecule has 2 heterocycles. The molecule has 2 amide bonds. The van der Waals surface area contributed by atoms with E-state index in [4.69, 9.17) is 4.42 Å². The number of benzene rings is 2. The van der Waals surface area contributed by atoms with Crippen LogP contribution in [-0.2, 0) is 6.42 Å². The van der Waals surface area contributed by atoms with E-state index in [0.717, 1.165) is 24.1 Å². The smallest absolute Gasteiger partial charge is 0.293 e. The number of nitrogens with one attached hydrogen (secondary N) is 1. The number of aryl methyl sites for hydroxylation is 1. The molecule has 0 fully saturated rings. The minimum Gasteiger partial charge on any atom is -0.459 e. The number of nitrogens with zero attached hydrogens (tertiary/aromatic N) is 2. The van der Waals surface area contributed by atoms with Crippen LogP contribution in [0.1, 0.15) is 32.9 Å². The average Bonchev–Trinajstić information content (AvgIpc) is 3.27. The summed E-state index contributed by atoms with van der Waals surface area (Å²) in [5.74, 6) is -0.363. The van der Waals surface area contributed by atoms with Gasteiger partial charge in [0, 0.05) is 35.6 Å². The number of fused-ring (bicyclic) bond motifs is 1. The van der Waals surface area contributed by atoms with Crippen LogP contribution >= 0.6 is 0 Å². The molecule has 1 N–H and O–H groups in total. The predicted molar refractivity (Wildman–Crippen MR) is 106 cm³/mol. The molecular weight excluding hydrogens is 374 g/mol. The maximum absolute atomic E-state index is 12.7. The van der Waals surface area contributed by atoms with Crippen molar-refractivity contribution in [1.29, 1.82) is 0 Å². The molecule has 2 aromatic carbocycles. The molecule has 0 spiro atoms. The van der Waals surface area contributed by atoms with E-state index in [9.17, 15) is 19.7 Å². The fraction of sp³-hybridized carbons (Fsp3) is 0.143. The van der Waals surface area contributed by atoms with Crippen LogP contribution in [0.2, 0.25) is 0 Å². The number of carbonyl (C=O) groups excluding carboxylic acids is 2. The standard InChI is InChI=1S/C21H17N3O5/c25-20(15-4-1-6-17(13-15)24(27)28)22-16-8-9-18-14(12-16)5-2-10-23(18)21(26)19-7-3-11-29-19/h1,3-4,6-9,11-13H,2,5,10H2,(H,22,25). The number of amides is 2. The number of nitro benzene ring substituents is 1. The van der Waals surface area contributed by atoms with Crippen molar-refractivity contribution in [3.05, 3.63) is 87.9 Å². The first kappa shape index (κ1) is 18.4. The Kier molecular flexibility index (Phi) is 4.82. The molecule has 0 aliphatic carbocycles. The summed E-state index contributed by atoms with van der Waals surface area (Å²) in [5.41, 5.74) is 2.34. The first-order valence-corrected chi connectivity index (χ1v) is 9.07. The Bertz CT molecular complexity index is 1090. The van der Waals surface area contributed by atoms with E-state index in [1.165, 1.54) is 30.5 Å². The van der Waals surface area contributed by atoms with Crippen LogP contribution in [0.5, 0.6) is 0 Å². The first-order valence-electron chi connectivity index (χ1n) is 9.07. The van der Waals surface area contributed by atoms with E-state index >= 15 is 0 Å². The third-order valence-corrected chi connectivity index (χ3v) is 4.75. The van der Waals surface area contributed by atoms with Crippen LogP contribution in [0, 0.1) is 10.1 Å². The van der Waals surface area contributed by atoms with Crippen molar-refractivity contribution < 1.29 is 18.9 Å². The van der Waals surface area contributed by atoms with Gasteiger partial charge in [0.2, 0.25) is 0 Å². The Morgan fingerprint density at radius 2 is 1.97 bits per heavy atom. The Morgan fingerprint density at radius 1 is 1.10 bits per heavy atom. The van der Waals surface area contributed by atoms with Crippen LogP contribution in [0.4, 0.5) is 17.1 Å². The van der Waals surface area contributed by atoms with Gasteiger partial charge in [0.15, 0.2) is 5.76 Å². The molecule has 0 atom stereocenters. The number of anilines is 2. The Labute approximate surface area is 165 Å². The van der Waals surface area contributed by atoms with Crippen LogP contribution in [0.3, 0.4) is 0 Å². The lowest BCUT2D eigenvalue weighted by Crippen LogP contribution is -2.35. The zero-order valence-corrected chi connectivity index (χ0v) is 15.3. The summed E-state index contributed by atoms with van der Waals surface area (Å²) in [4.78, 5) is 37.2. The Hall–Kier alpha value is -3.94. The van der Waals surface area contributed by atoms with E-state index < -0.39 is 10.8 Å². The zero-order valence-electron chi connectivity index (χ0n) is 15.3. The van der Waals surface area contributed by atoms with Crippen molar-refractivity contribution in [2.45, 2.75) is 12.8 Å². The molecule has 1 aliphatic rings. The third kappa shape index (κ3) is 3.73. The van der Waals surface area contributed by atoms with Crippen LogP contribution in [-0.4, -0.2) is 23.3 Å². The van der Waals surface area contributed by atoms with Gasteiger partial charge in [0.25, 0.3) is 17.5 Å². The summed E-state index contributed by atoms with van der Waals surface area (Å²) in [5, 5.41) is 13.7. The number of hydrogen-bond acceptors (Lipinski definition) is 5. The highest BCUT2D eigenvalue weighted by Gasteiger charge is 2.25. The van der Waals surface area contributed by atoms with Crippen LogP contribution in [0.15, 0.2) is 65.3 Å². The minimum absolute atomic E-state index is 0.143. The lowest BCUT2D eigenvalue weighted by molar-refractivity contribution is -0.384. The highest BCUT2D eigenvalue weighted by atomic mass is 16.6. The molecule has 4 rings (SSSR count). The van der Waals surface area contributed by atoms with Gasteiger partial charge in [0.05, 0.1) is 11.2 Å². The largest absolute Gasteiger partial charge is 0.459 e. The number of carbonyl (C=O) groups is 2. The molecular formula is C21H17N3O5. The summed E-state index contributed by atoms with van der Waals surface area (Å²) in [6.45, 7) is 0.589. The van der Waals surface area contributed by atoms with Gasteiger partial charge in [-0.3, -0.25) is 19.7 Å². The fourth-order valence-electron chi connectivity index (χ4n) is 3.38. The lowest BCUT2D eigenvalue weighted by Gasteiger charge is -2.29. The van der Waals surface area contributed by atoms with E-state index in [1.807, 2.05) is 6.07 Å². The second kappa shape index (κ2) is 7.59. The lowest BCUT2D eigenvalue weighted by atomic mass is 10.0. The van der Waals surface area contributed by atoms with Crippen LogP contribution in [0.25, 0.3) is 0 Å². The molecule has 29 heavy (non-hydrogen) atoms. The molecule has 1 aromatic heterocycles. The van der Waals surface area contributed by atoms with Crippen LogP contribution < -0.4 is 10.2 Å². The fourth-order valence-corrected chi connectivity index (χ4v) is 3.38.